The van der Waals surface area contributed by atoms with Crippen molar-refractivity contribution in [3.63, 3.8) is 0 Å². The van der Waals surface area contributed by atoms with Crippen LogP contribution < -0.4 is 0 Å². The summed E-state index contributed by atoms with van der Waals surface area (Å²) in [6.45, 7) is 6.46. The summed E-state index contributed by atoms with van der Waals surface area (Å²) in [6.07, 6.45) is 1.96. The molecule has 0 aliphatic rings. The van der Waals surface area contributed by atoms with Crippen LogP contribution in [0.15, 0.2) is 18.2 Å². The molecule has 0 unspecified atom stereocenters. The second-order valence-electron chi connectivity index (χ2n) is 3.90. The predicted octanol–water partition coefficient (Wildman–Crippen LogP) is 3.01. The molecule has 13 heavy (non-hydrogen) atoms. The van der Waals surface area contributed by atoms with Gasteiger partial charge < -0.3 is 0 Å². The average molecular weight is 176 g/mol. The van der Waals surface area contributed by atoms with Crippen LogP contribution in [0.2, 0.25) is 0 Å². The molecule has 0 radical (unpaired) electrons. The first kappa shape index (κ1) is 9.97. The van der Waals surface area contributed by atoms with Gasteiger partial charge in [0.05, 0.1) is 0 Å². The van der Waals surface area contributed by atoms with E-state index in [-0.39, 0.29) is 0 Å². The molecular formula is C12H16O. The largest absolute Gasteiger partial charge is 0.298 e. The first-order valence-electron chi connectivity index (χ1n) is 4.68. The van der Waals surface area contributed by atoms with Crippen LogP contribution in [-0.4, -0.2) is 6.29 Å². The lowest BCUT2D eigenvalue weighted by Crippen LogP contribution is -1.97. The lowest BCUT2D eigenvalue weighted by Gasteiger charge is -2.08. The third kappa shape index (κ3) is 2.69. The van der Waals surface area contributed by atoms with E-state index < -0.39 is 0 Å². The Kier molecular flexibility index (Phi) is 3.24. The molecule has 0 N–H and O–H groups in total. The van der Waals surface area contributed by atoms with E-state index in [1.165, 1.54) is 11.1 Å². The monoisotopic (exact) mass is 176 g/mol. The average Bonchev–Trinajstić information content (AvgIpc) is 2.08. The van der Waals surface area contributed by atoms with E-state index in [4.69, 9.17) is 0 Å². The van der Waals surface area contributed by atoms with Crippen LogP contribution in [0.25, 0.3) is 0 Å². The van der Waals surface area contributed by atoms with Crippen LogP contribution >= 0.6 is 0 Å². The first-order chi connectivity index (χ1) is 6.13. The summed E-state index contributed by atoms with van der Waals surface area (Å²) < 4.78 is 0. The normalized spacial score (nSPS) is 10.5. The van der Waals surface area contributed by atoms with Gasteiger partial charge >= 0.3 is 0 Å². The summed E-state index contributed by atoms with van der Waals surface area (Å²) in [5, 5.41) is 0. The number of carbonyl (C=O) groups is 1. The molecule has 0 aliphatic carbocycles. The summed E-state index contributed by atoms with van der Waals surface area (Å²) in [7, 11) is 0. The van der Waals surface area contributed by atoms with Crippen molar-refractivity contribution in [3.05, 3.63) is 34.9 Å². The van der Waals surface area contributed by atoms with Gasteiger partial charge in [0, 0.05) is 5.56 Å². The fourth-order valence-electron chi connectivity index (χ4n) is 1.42. The van der Waals surface area contributed by atoms with Crippen molar-refractivity contribution in [2.45, 2.75) is 27.2 Å². The van der Waals surface area contributed by atoms with Crippen LogP contribution in [0, 0.1) is 12.8 Å². The van der Waals surface area contributed by atoms with E-state index in [1.54, 1.807) is 0 Å². The minimum absolute atomic E-state index is 0.639. The van der Waals surface area contributed by atoms with Gasteiger partial charge in [0.2, 0.25) is 0 Å². The molecule has 1 nitrogen and oxygen atoms in total. The van der Waals surface area contributed by atoms with E-state index in [9.17, 15) is 4.79 Å². The van der Waals surface area contributed by atoms with E-state index in [0.717, 1.165) is 18.3 Å². The smallest absolute Gasteiger partial charge is 0.150 e. The Hall–Kier alpha value is -1.11. The molecule has 0 fully saturated rings. The van der Waals surface area contributed by atoms with Gasteiger partial charge in [0.25, 0.3) is 0 Å². The molecule has 70 valence electrons. The van der Waals surface area contributed by atoms with E-state index in [0.29, 0.717) is 5.92 Å². The topological polar surface area (TPSA) is 17.1 Å². The third-order valence-electron chi connectivity index (χ3n) is 2.14. The van der Waals surface area contributed by atoms with Gasteiger partial charge in [-0.15, -0.1) is 0 Å². The first-order valence-corrected chi connectivity index (χ1v) is 4.68. The Morgan fingerprint density at radius 2 is 2.08 bits per heavy atom. The second-order valence-corrected chi connectivity index (χ2v) is 3.90. The van der Waals surface area contributed by atoms with E-state index >= 15 is 0 Å². The van der Waals surface area contributed by atoms with Gasteiger partial charge in [-0.05, 0) is 36.5 Å². The maximum Gasteiger partial charge on any atom is 0.150 e. The van der Waals surface area contributed by atoms with Crippen molar-refractivity contribution in [3.8, 4) is 0 Å². The fraction of sp³-hybridized carbons (Fsp3) is 0.417. The molecule has 0 amide bonds. The zero-order chi connectivity index (χ0) is 9.84. The summed E-state index contributed by atoms with van der Waals surface area (Å²) in [5.74, 6) is 0.639. The molecule has 0 aliphatic heterocycles. The summed E-state index contributed by atoms with van der Waals surface area (Å²) in [6, 6.07) is 5.87. The molecule has 0 bridgehead atoms. The van der Waals surface area contributed by atoms with Crippen molar-refractivity contribution >= 4 is 6.29 Å². The lowest BCUT2D eigenvalue weighted by atomic mass is 9.97. The number of carbonyl (C=O) groups excluding carboxylic acids is 1. The molecule has 0 saturated carbocycles. The molecule has 1 heteroatoms. The van der Waals surface area contributed by atoms with E-state index in [2.05, 4.69) is 20.8 Å². The maximum atomic E-state index is 10.6. The molecule has 0 spiro atoms. The minimum atomic E-state index is 0.639. The zero-order valence-electron chi connectivity index (χ0n) is 8.50. The highest BCUT2D eigenvalue weighted by atomic mass is 16.1. The van der Waals surface area contributed by atoms with Crippen LogP contribution in [0.3, 0.4) is 0 Å². The highest BCUT2D eigenvalue weighted by Gasteiger charge is 2.02. The zero-order valence-corrected chi connectivity index (χ0v) is 8.50. The van der Waals surface area contributed by atoms with Crippen molar-refractivity contribution in [1.29, 1.82) is 0 Å². The third-order valence-corrected chi connectivity index (χ3v) is 2.14. The van der Waals surface area contributed by atoms with Gasteiger partial charge in [-0.2, -0.15) is 0 Å². The van der Waals surface area contributed by atoms with Crippen LogP contribution in [-0.2, 0) is 6.42 Å². The van der Waals surface area contributed by atoms with Gasteiger partial charge in [-0.25, -0.2) is 0 Å². The standard InChI is InChI=1S/C12H16O/c1-9(2)6-12-7-11(8-13)5-4-10(12)3/h4-5,7-9H,6H2,1-3H3. The van der Waals surface area contributed by atoms with Crippen molar-refractivity contribution in [1.82, 2.24) is 0 Å². The predicted molar refractivity (Wildman–Crippen MR) is 55.1 cm³/mol. The highest BCUT2D eigenvalue weighted by Crippen LogP contribution is 2.14. The number of benzene rings is 1. The van der Waals surface area contributed by atoms with Crippen molar-refractivity contribution in [2.75, 3.05) is 0 Å². The second kappa shape index (κ2) is 4.22. The summed E-state index contributed by atoms with van der Waals surface area (Å²) >= 11 is 0. The Labute approximate surface area is 79.8 Å². The lowest BCUT2D eigenvalue weighted by molar-refractivity contribution is 0.112. The molecule has 1 aromatic carbocycles. The van der Waals surface area contributed by atoms with E-state index in [1.807, 2.05) is 18.2 Å². The number of aldehydes is 1. The molecule has 0 aromatic heterocycles. The molecule has 1 rings (SSSR count). The number of aryl methyl sites for hydroxylation is 1. The Morgan fingerprint density at radius 1 is 1.38 bits per heavy atom. The molecule has 0 atom stereocenters. The van der Waals surface area contributed by atoms with Crippen LogP contribution in [0.5, 0.6) is 0 Å². The molecule has 0 heterocycles. The van der Waals surface area contributed by atoms with Crippen molar-refractivity contribution in [2.24, 2.45) is 5.92 Å². The Morgan fingerprint density at radius 3 is 2.62 bits per heavy atom. The molecule has 1 aromatic rings. The Balaban J connectivity index is 2.96. The fourth-order valence-corrected chi connectivity index (χ4v) is 1.42. The maximum absolute atomic E-state index is 10.6. The number of hydrogen-bond acceptors (Lipinski definition) is 1. The molecule has 0 saturated heterocycles. The summed E-state index contributed by atoms with van der Waals surface area (Å²) in [4.78, 5) is 10.6. The number of rotatable bonds is 3. The van der Waals surface area contributed by atoms with Crippen LogP contribution in [0.1, 0.15) is 35.3 Å². The van der Waals surface area contributed by atoms with Crippen molar-refractivity contribution < 1.29 is 4.79 Å². The van der Waals surface area contributed by atoms with Gasteiger partial charge in [0.15, 0.2) is 0 Å². The summed E-state index contributed by atoms with van der Waals surface area (Å²) in [5.41, 5.74) is 3.35. The number of hydrogen-bond donors (Lipinski definition) is 0. The van der Waals surface area contributed by atoms with Gasteiger partial charge in [-0.3, -0.25) is 4.79 Å². The SMILES string of the molecule is Cc1ccc(C=O)cc1CC(C)C. The van der Waals surface area contributed by atoms with Gasteiger partial charge in [0.1, 0.15) is 6.29 Å². The quantitative estimate of drug-likeness (QED) is 0.647. The molecular weight excluding hydrogens is 160 g/mol. The van der Waals surface area contributed by atoms with Crippen LogP contribution in [0.4, 0.5) is 0 Å². The minimum Gasteiger partial charge on any atom is -0.298 e. The Bertz CT molecular complexity index is 300. The van der Waals surface area contributed by atoms with Gasteiger partial charge in [-0.1, -0.05) is 26.0 Å². The highest BCUT2D eigenvalue weighted by molar-refractivity contribution is 5.75.